The first-order valence-electron chi connectivity index (χ1n) is 10.6. The van der Waals surface area contributed by atoms with Gasteiger partial charge in [-0.05, 0) is 49.1 Å². The van der Waals surface area contributed by atoms with Crippen LogP contribution in [0.3, 0.4) is 0 Å². The van der Waals surface area contributed by atoms with Crippen LogP contribution >= 0.6 is 0 Å². The van der Waals surface area contributed by atoms with Gasteiger partial charge in [0.25, 0.3) is 0 Å². The zero-order valence-corrected chi connectivity index (χ0v) is 17.5. The monoisotopic (exact) mass is 430 g/mol. The van der Waals surface area contributed by atoms with Gasteiger partial charge < -0.3 is 10.1 Å². The van der Waals surface area contributed by atoms with E-state index in [1.807, 2.05) is 18.2 Å². The summed E-state index contributed by atoms with van der Waals surface area (Å²) in [5.74, 6) is -0.229. The summed E-state index contributed by atoms with van der Waals surface area (Å²) in [7, 11) is 0. The molecule has 3 aromatic rings. The number of nitrogens with zero attached hydrogens (tertiary/aromatic N) is 3. The van der Waals surface area contributed by atoms with Crippen LogP contribution in [0.5, 0.6) is 5.75 Å². The SMILES string of the molecule is N#CC1CCC[C@H](C(=O)Nc2cc(-c3ccccc3OCc3ccncc3)c(F)cn2)C1. The second kappa shape index (κ2) is 10.0. The van der Waals surface area contributed by atoms with Crippen LogP contribution in [-0.2, 0) is 11.4 Å². The van der Waals surface area contributed by atoms with Gasteiger partial charge >= 0.3 is 0 Å². The smallest absolute Gasteiger partial charge is 0.228 e. The highest BCUT2D eigenvalue weighted by molar-refractivity contribution is 5.92. The molecule has 1 aliphatic rings. The number of rotatable bonds is 6. The van der Waals surface area contributed by atoms with E-state index in [-0.39, 0.29) is 23.6 Å². The molecule has 0 aliphatic heterocycles. The lowest BCUT2D eigenvalue weighted by atomic mass is 9.82. The minimum Gasteiger partial charge on any atom is -0.488 e. The number of aromatic nitrogens is 2. The van der Waals surface area contributed by atoms with Gasteiger partial charge in [0.15, 0.2) is 0 Å². The number of para-hydroxylation sites is 1. The maximum absolute atomic E-state index is 14.7. The van der Waals surface area contributed by atoms with Crippen LogP contribution in [0.15, 0.2) is 61.1 Å². The molecule has 162 valence electrons. The van der Waals surface area contributed by atoms with Crippen LogP contribution in [0.1, 0.15) is 31.2 Å². The molecule has 0 bridgehead atoms. The molecular weight excluding hydrogens is 407 g/mol. The molecule has 1 amide bonds. The Morgan fingerprint density at radius 1 is 1.19 bits per heavy atom. The minimum atomic E-state index is -0.509. The highest BCUT2D eigenvalue weighted by Crippen LogP contribution is 2.34. The number of ether oxygens (including phenoxy) is 1. The third kappa shape index (κ3) is 5.09. The molecule has 0 saturated heterocycles. The van der Waals surface area contributed by atoms with Crippen molar-refractivity contribution < 1.29 is 13.9 Å². The summed E-state index contributed by atoms with van der Waals surface area (Å²) < 4.78 is 20.7. The highest BCUT2D eigenvalue weighted by atomic mass is 19.1. The van der Waals surface area contributed by atoms with Crippen LogP contribution in [-0.4, -0.2) is 15.9 Å². The Balaban J connectivity index is 1.53. The summed E-state index contributed by atoms with van der Waals surface area (Å²) in [5, 5.41) is 12.0. The van der Waals surface area contributed by atoms with Gasteiger partial charge in [0.2, 0.25) is 5.91 Å². The largest absolute Gasteiger partial charge is 0.488 e. The van der Waals surface area contributed by atoms with Crippen LogP contribution in [0.25, 0.3) is 11.1 Å². The molecule has 1 aromatic carbocycles. The molecule has 1 N–H and O–H groups in total. The molecule has 32 heavy (non-hydrogen) atoms. The molecule has 1 fully saturated rings. The van der Waals surface area contributed by atoms with Crippen molar-refractivity contribution in [3.05, 3.63) is 72.4 Å². The number of nitrogens with one attached hydrogen (secondary N) is 1. The molecule has 2 atom stereocenters. The quantitative estimate of drug-likeness (QED) is 0.586. The zero-order valence-electron chi connectivity index (χ0n) is 17.5. The molecule has 1 unspecified atom stereocenters. The highest BCUT2D eigenvalue weighted by Gasteiger charge is 2.27. The van der Waals surface area contributed by atoms with Gasteiger partial charge in [-0.1, -0.05) is 24.6 Å². The number of anilines is 1. The lowest BCUT2D eigenvalue weighted by Crippen LogP contribution is -2.28. The van der Waals surface area contributed by atoms with Crippen molar-refractivity contribution in [2.75, 3.05) is 5.32 Å². The van der Waals surface area contributed by atoms with E-state index in [1.165, 1.54) is 6.07 Å². The predicted octanol–water partition coefficient (Wildman–Crippen LogP) is 5.13. The molecule has 2 heterocycles. The van der Waals surface area contributed by atoms with Crippen LogP contribution in [0.4, 0.5) is 10.2 Å². The Kier molecular flexibility index (Phi) is 6.71. The van der Waals surface area contributed by atoms with E-state index in [2.05, 4.69) is 21.4 Å². The Morgan fingerprint density at radius 3 is 2.81 bits per heavy atom. The average Bonchev–Trinajstić information content (AvgIpc) is 2.85. The number of pyridine rings is 2. The summed E-state index contributed by atoms with van der Waals surface area (Å²) in [4.78, 5) is 20.7. The van der Waals surface area contributed by atoms with Crippen molar-refractivity contribution in [2.24, 2.45) is 11.8 Å². The van der Waals surface area contributed by atoms with Gasteiger partial charge in [0.1, 0.15) is 24.0 Å². The lowest BCUT2D eigenvalue weighted by Gasteiger charge is -2.24. The van der Waals surface area contributed by atoms with Crippen molar-refractivity contribution >= 4 is 11.7 Å². The molecule has 6 nitrogen and oxygen atoms in total. The Labute approximate surface area is 186 Å². The standard InChI is InChI=1S/C25H23FN4O2/c26-22-15-29-24(30-25(31)19-5-3-4-18(12-19)14-27)13-21(22)20-6-1-2-7-23(20)32-16-17-8-10-28-11-9-17/h1-2,6-11,13,15,18-19H,3-5,12,16H2,(H,29,30,31)/t18?,19-/m0/s1. The van der Waals surface area contributed by atoms with E-state index in [0.29, 0.717) is 29.9 Å². The Bertz CT molecular complexity index is 1130. The zero-order chi connectivity index (χ0) is 22.3. The third-order valence-corrected chi connectivity index (χ3v) is 5.66. The fourth-order valence-corrected chi connectivity index (χ4v) is 3.94. The third-order valence-electron chi connectivity index (χ3n) is 5.66. The summed E-state index contributed by atoms with van der Waals surface area (Å²) in [6.45, 7) is 0.317. The van der Waals surface area contributed by atoms with Crippen molar-refractivity contribution in [1.29, 1.82) is 5.26 Å². The minimum absolute atomic E-state index is 0.0966. The number of halogens is 1. The fraction of sp³-hybridized carbons (Fsp3) is 0.280. The Morgan fingerprint density at radius 2 is 2.00 bits per heavy atom. The Hall–Kier alpha value is -3.79. The topological polar surface area (TPSA) is 87.9 Å². The summed E-state index contributed by atoms with van der Waals surface area (Å²) >= 11 is 0. The molecular formula is C25H23FN4O2. The molecule has 1 saturated carbocycles. The van der Waals surface area contributed by atoms with Crippen molar-refractivity contribution in [2.45, 2.75) is 32.3 Å². The summed E-state index contributed by atoms with van der Waals surface area (Å²) in [6.07, 6.45) is 7.44. The second-order valence-corrected chi connectivity index (χ2v) is 7.87. The van der Waals surface area contributed by atoms with E-state index in [0.717, 1.165) is 31.0 Å². The average molecular weight is 430 g/mol. The van der Waals surface area contributed by atoms with Gasteiger partial charge in [-0.2, -0.15) is 5.26 Å². The van der Waals surface area contributed by atoms with Crippen molar-refractivity contribution in [3.63, 3.8) is 0 Å². The van der Waals surface area contributed by atoms with E-state index in [4.69, 9.17) is 10.00 Å². The van der Waals surface area contributed by atoms with Gasteiger partial charge in [0, 0.05) is 35.4 Å². The van der Waals surface area contributed by atoms with Gasteiger partial charge in [-0.25, -0.2) is 9.37 Å². The van der Waals surface area contributed by atoms with Crippen molar-refractivity contribution in [3.8, 4) is 22.9 Å². The number of amides is 1. The van der Waals surface area contributed by atoms with Crippen LogP contribution in [0.2, 0.25) is 0 Å². The van der Waals surface area contributed by atoms with Crippen molar-refractivity contribution in [1.82, 2.24) is 9.97 Å². The molecule has 1 aliphatic carbocycles. The molecule has 4 rings (SSSR count). The summed E-state index contributed by atoms with van der Waals surface area (Å²) in [5.41, 5.74) is 1.81. The maximum atomic E-state index is 14.7. The normalized spacial score (nSPS) is 17.9. The van der Waals surface area contributed by atoms with E-state index >= 15 is 0 Å². The summed E-state index contributed by atoms with van der Waals surface area (Å²) in [6, 6.07) is 14.7. The number of carbonyl (C=O) groups is 1. The second-order valence-electron chi connectivity index (χ2n) is 7.87. The number of hydrogen-bond acceptors (Lipinski definition) is 5. The molecule has 0 spiro atoms. The first-order valence-corrected chi connectivity index (χ1v) is 10.6. The fourth-order valence-electron chi connectivity index (χ4n) is 3.94. The van der Waals surface area contributed by atoms with Gasteiger partial charge in [-0.15, -0.1) is 0 Å². The number of carbonyl (C=O) groups excluding carboxylic acids is 1. The van der Waals surface area contributed by atoms with Gasteiger partial charge in [-0.3, -0.25) is 9.78 Å². The number of nitriles is 1. The first-order chi connectivity index (χ1) is 15.6. The molecule has 7 heteroatoms. The first kappa shape index (κ1) is 21.4. The number of benzene rings is 1. The number of hydrogen-bond donors (Lipinski definition) is 1. The predicted molar refractivity (Wildman–Crippen MR) is 118 cm³/mol. The molecule has 2 aromatic heterocycles. The molecule has 0 radical (unpaired) electrons. The van der Waals surface area contributed by atoms with Crippen LogP contribution < -0.4 is 10.1 Å². The van der Waals surface area contributed by atoms with E-state index < -0.39 is 5.82 Å². The maximum Gasteiger partial charge on any atom is 0.228 e. The van der Waals surface area contributed by atoms with Gasteiger partial charge in [0.05, 0.1) is 12.3 Å². The van der Waals surface area contributed by atoms with Crippen LogP contribution in [0, 0.1) is 29.0 Å². The van der Waals surface area contributed by atoms with E-state index in [1.54, 1.807) is 30.6 Å². The lowest BCUT2D eigenvalue weighted by molar-refractivity contribution is -0.121. The van der Waals surface area contributed by atoms with E-state index in [9.17, 15) is 9.18 Å².